The first-order valence-corrected chi connectivity index (χ1v) is 5.11. The van der Waals surface area contributed by atoms with Crippen LogP contribution < -0.4 is 5.73 Å². The van der Waals surface area contributed by atoms with Crippen LogP contribution in [0.5, 0.6) is 0 Å². The highest BCUT2D eigenvalue weighted by atomic mass is 32.2. The number of aryl methyl sites for hydroxylation is 1. The first-order chi connectivity index (χ1) is 5.88. The lowest BCUT2D eigenvalue weighted by Crippen LogP contribution is -2.08. The van der Waals surface area contributed by atoms with Crippen molar-refractivity contribution in [3.8, 4) is 0 Å². The molecule has 1 aromatic heterocycles. The van der Waals surface area contributed by atoms with E-state index < -0.39 is 0 Å². The fourth-order valence-corrected chi connectivity index (χ4v) is 1.82. The normalized spacial score (nSPS) is 11.7. The van der Waals surface area contributed by atoms with Gasteiger partial charge in [0.2, 0.25) is 0 Å². The zero-order valence-corrected chi connectivity index (χ0v) is 9.40. The molecule has 1 heterocycles. The van der Waals surface area contributed by atoms with E-state index in [0.717, 1.165) is 16.3 Å². The van der Waals surface area contributed by atoms with E-state index in [4.69, 9.17) is 5.73 Å². The van der Waals surface area contributed by atoms with Crippen LogP contribution in [0.1, 0.15) is 26.3 Å². The van der Waals surface area contributed by atoms with Gasteiger partial charge in [0.05, 0.1) is 5.69 Å². The first-order valence-electron chi connectivity index (χ1n) is 4.29. The summed E-state index contributed by atoms with van der Waals surface area (Å²) in [5, 5.41) is 0.929. The second-order valence-electron chi connectivity index (χ2n) is 4.12. The predicted octanol–water partition coefficient (Wildman–Crippen LogP) is 2.86. The number of anilines is 1. The molecule has 0 fully saturated rings. The summed E-state index contributed by atoms with van der Waals surface area (Å²) < 4.78 is 0.163. The number of nitrogens with two attached hydrogens (primary N) is 1. The average molecular weight is 196 g/mol. The molecule has 0 amide bonds. The topological polar surface area (TPSA) is 38.9 Å². The van der Waals surface area contributed by atoms with Crippen molar-refractivity contribution in [1.29, 1.82) is 0 Å². The van der Waals surface area contributed by atoms with Crippen molar-refractivity contribution in [3.63, 3.8) is 0 Å². The lowest BCUT2D eigenvalue weighted by molar-refractivity contribution is 0.799. The fraction of sp³-hybridized carbons (Fsp3) is 0.500. The Morgan fingerprint density at radius 1 is 1.38 bits per heavy atom. The SMILES string of the molecule is Cc1cnc(SC(C)(C)C)c(N)c1. The van der Waals surface area contributed by atoms with Crippen LogP contribution in [0.3, 0.4) is 0 Å². The number of hydrogen-bond donors (Lipinski definition) is 1. The molecule has 0 atom stereocenters. The van der Waals surface area contributed by atoms with Gasteiger partial charge in [0.25, 0.3) is 0 Å². The molecule has 3 heteroatoms. The summed E-state index contributed by atoms with van der Waals surface area (Å²) in [6.07, 6.45) is 1.85. The Bertz CT molecular complexity index is 302. The maximum absolute atomic E-state index is 5.85. The summed E-state index contributed by atoms with van der Waals surface area (Å²) in [5.41, 5.74) is 7.73. The van der Waals surface area contributed by atoms with E-state index in [1.54, 1.807) is 11.8 Å². The fourth-order valence-electron chi connectivity index (χ4n) is 0.955. The molecule has 0 unspecified atom stereocenters. The van der Waals surface area contributed by atoms with Gasteiger partial charge in [0.15, 0.2) is 0 Å². The minimum atomic E-state index is 0.163. The zero-order valence-electron chi connectivity index (χ0n) is 8.59. The molecule has 0 bridgehead atoms. The number of pyridine rings is 1. The number of thioether (sulfide) groups is 1. The molecule has 2 N–H and O–H groups in total. The summed E-state index contributed by atoms with van der Waals surface area (Å²) in [7, 11) is 0. The maximum Gasteiger partial charge on any atom is 0.119 e. The lowest BCUT2D eigenvalue weighted by atomic mass is 10.3. The van der Waals surface area contributed by atoms with E-state index >= 15 is 0 Å². The third-order valence-electron chi connectivity index (χ3n) is 1.42. The third kappa shape index (κ3) is 3.27. The van der Waals surface area contributed by atoms with Crippen LogP contribution in [0.15, 0.2) is 17.3 Å². The van der Waals surface area contributed by atoms with Crippen molar-refractivity contribution in [2.75, 3.05) is 5.73 Å². The van der Waals surface area contributed by atoms with Crippen molar-refractivity contribution >= 4 is 17.4 Å². The largest absolute Gasteiger partial charge is 0.397 e. The molecule has 0 aromatic carbocycles. The zero-order chi connectivity index (χ0) is 10.1. The summed E-state index contributed by atoms with van der Waals surface area (Å²) in [4.78, 5) is 4.30. The van der Waals surface area contributed by atoms with Crippen molar-refractivity contribution < 1.29 is 0 Å². The van der Waals surface area contributed by atoms with Gasteiger partial charge >= 0.3 is 0 Å². The van der Waals surface area contributed by atoms with Crippen LogP contribution in [0.25, 0.3) is 0 Å². The molecule has 0 aliphatic rings. The minimum absolute atomic E-state index is 0.163. The van der Waals surface area contributed by atoms with Crippen molar-refractivity contribution in [1.82, 2.24) is 4.98 Å². The molecule has 13 heavy (non-hydrogen) atoms. The lowest BCUT2D eigenvalue weighted by Gasteiger charge is -2.17. The second-order valence-corrected chi connectivity index (χ2v) is 5.94. The molecule has 1 rings (SSSR count). The summed E-state index contributed by atoms with van der Waals surface area (Å²) in [5.74, 6) is 0. The molecule has 72 valence electrons. The molecular formula is C10H16N2S. The van der Waals surface area contributed by atoms with E-state index in [1.165, 1.54) is 0 Å². The van der Waals surface area contributed by atoms with Gasteiger partial charge in [-0.3, -0.25) is 0 Å². The third-order valence-corrected chi connectivity index (χ3v) is 2.57. The molecule has 0 saturated carbocycles. The van der Waals surface area contributed by atoms with Gasteiger partial charge in [-0.25, -0.2) is 4.98 Å². The molecule has 0 aliphatic carbocycles. The first kappa shape index (κ1) is 10.4. The van der Waals surface area contributed by atoms with E-state index in [-0.39, 0.29) is 4.75 Å². The van der Waals surface area contributed by atoms with Crippen LogP contribution in [0, 0.1) is 6.92 Å². The van der Waals surface area contributed by atoms with Gasteiger partial charge in [0.1, 0.15) is 5.03 Å². The van der Waals surface area contributed by atoms with Gasteiger partial charge in [-0.2, -0.15) is 0 Å². The van der Waals surface area contributed by atoms with Crippen LogP contribution in [0.2, 0.25) is 0 Å². The van der Waals surface area contributed by atoms with Crippen molar-refractivity contribution in [2.24, 2.45) is 0 Å². The molecule has 0 spiro atoms. The molecule has 0 radical (unpaired) electrons. The van der Waals surface area contributed by atoms with Gasteiger partial charge in [-0.15, -0.1) is 0 Å². The van der Waals surface area contributed by atoms with Gasteiger partial charge < -0.3 is 5.73 Å². The van der Waals surface area contributed by atoms with E-state index in [0.29, 0.717) is 0 Å². The van der Waals surface area contributed by atoms with Crippen molar-refractivity contribution in [3.05, 3.63) is 17.8 Å². The molecule has 0 saturated heterocycles. The van der Waals surface area contributed by atoms with Crippen LogP contribution in [0.4, 0.5) is 5.69 Å². The number of hydrogen-bond acceptors (Lipinski definition) is 3. The number of nitrogens with zero attached hydrogens (tertiary/aromatic N) is 1. The summed E-state index contributed by atoms with van der Waals surface area (Å²) in [6, 6.07) is 1.96. The molecule has 1 aromatic rings. The smallest absolute Gasteiger partial charge is 0.119 e. The van der Waals surface area contributed by atoms with Gasteiger partial charge in [-0.1, -0.05) is 32.5 Å². The van der Waals surface area contributed by atoms with Gasteiger partial charge in [0, 0.05) is 10.9 Å². The van der Waals surface area contributed by atoms with Crippen LogP contribution in [-0.2, 0) is 0 Å². The second kappa shape index (κ2) is 3.58. The quantitative estimate of drug-likeness (QED) is 0.702. The molecule has 2 nitrogen and oxygen atoms in total. The summed E-state index contributed by atoms with van der Waals surface area (Å²) in [6.45, 7) is 8.45. The standard InChI is InChI=1S/C10H16N2S/c1-7-5-8(11)9(12-6-7)13-10(2,3)4/h5-6H,11H2,1-4H3. The van der Waals surface area contributed by atoms with E-state index in [1.807, 2.05) is 19.2 Å². The highest BCUT2D eigenvalue weighted by Crippen LogP contribution is 2.33. The van der Waals surface area contributed by atoms with Crippen LogP contribution >= 0.6 is 11.8 Å². The summed E-state index contributed by atoms with van der Waals surface area (Å²) >= 11 is 1.70. The number of nitrogen functional groups attached to an aromatic ring is 1. The predicted molar refractivity (Wildman–Crippen MR) is 59.0 cm³/mol. The number of aromatic nitrogens is 1. The Labute approximate surface area is 83.9 Å². The Morgan fingerprint density at radius 3 is 2.46 bits per heavy atom. The van der Waals surface area contributed by atoms with Crippen molar-refractivity contribution in [2.45, 2.75) is 37.5 Å². The average Bonchev–Trinajstić information content (AvgIpc) is 1.93. The van der Waals surface area contributed by atoms with Gasteiger partial charge in [-0.05, 0) is 18.6 Å². The Morgan fingerprint density at radius 2 is 2.00 bits per heavy atom. The molecular weight excluding hydrogens is 180 g/mol. The Balaban J connectivity index is 2.90. The number of rotatable bonds is 1. The molecule has 0 aliphatic heterocycles. The minimum Gasteiger partial charge on any atom is -0.397 e. The monoisotopic (exact) mass is 196 g/mol. The van der Waals surface area contributed by atoms with E-state index in [9.17, 15) is 0 Å². The van der Waals surface area contributed by atoms with Crippen LogP contribution in [-0.4, -0.2) is 9.73 Å². The Kier molecular flexibility index (Phi) is 2.86. The van der Waals surface area contributed by atoms with E-state index in [2.05, 4.69) is 25.8 Å². The highest BCUT2D eigenvalue weighted by Gasteiger charge is 2.14. The Hall–Kier alpha value is -0.700. The maximum atomic E-state index is 5.85. The highest BCUT2D eigenvalue weighted by molar-refractivity contribution is 8.00.